The molecule has 1 saturated heterocycles. The minimum atomic E-state index is -0.908. The molecule has 40 heavy (non-hydrogen) atoms. The van der Waals surface area contributed by atoms with Crippen LogP contribution in [0.5, 0.6) is 11.5 Å². The number of ketones is 1. The van der Waals surface area contributed by atoms with Crippen LogP contribution < -0.4 is 14.4 Å². The average molecular weight is 575 g/mol. The van der Waals surface area contributed by atoms with E-state index in [2.05, 4.69) is 11.9 Å². The number of hydrogen-bond donors (Lipinski definition) is 1. The molecule has 1 N–H and O–H groups in total. The monoisotopic (exact) mass is 574 g/mol. The van der Waals surface area contributed by atoms with E-state index >= 15 is 0 Å². The van der Waals surface area contributed by atoms with E-state index in [-0.39, 0.29) is 17.4 Å². The Morgan fingerprint density at radius 3 is 2.85 bits per heavy atom. The molecular formula is C31H27ClN2O5S. The van der Waals surface area contributed by atoms with Crippen LogP contribution in [0.3, 0.4) is 0 Å². The van der Waals surface area contributed by atoms with Gasteiger partial charge in [0, 0.05) is 17.0 Å². The summed E-state index contributed by atoms with van der Waals surface area (Å²) >= 11 is 7.46. The number of carbonyl (C=O) groups is 2. The van der Waals surface area contributed by atoms with Crippen molar-refractivity contribution >= 4 is 55.7 Å². The predicted octanol–water partition coefficient (Wildman–Crippen LogP) is 7.08. The molecule has 1 aromatic heterocycles. The van der Waals surface area contributed by atoms with Crippen LogP contribution in [0.1, 0.15) is 49.4 Å². The summed E-state index contributed by atoms with van der Waals surface area (Å²) in [6, 6.07) is 17.0. The van der Waals surface area contributed by atoms with Crippen molar-refractivity contribution in [3.05, 3.63) is 87.9 Å². The fourth-order valence-electron chi connectivity index (χ4n) is 5.17. The topological polar surface area (TPSA) is 89.0 Å². The van der Waals surface area contributed by atoms with Gasteiger partial charge >= 0.3 is 5.91 Å². The number of unbranched alkanes of at least 4 members (excludes halogenated alkanes) is 1. The Bertz CT molecular complexity index is 1680. The lowest BCUT2D eigenvalue weighted by molar-refractivity contribution is -0.132. The number of amides is 1. The first-order valence-corrected chi connectivity index (χ1v) is 14.4. The van der Waals surface area contributed by atoms with Gasteiger partial charge in [0.2, 0.25) is 0 Å². The third-order valence-electron chi connectivity index (χ3n) is 7.10. The Labute approximate surface area is 240 Å². The van der Waals surface area contributed by atoms with E-state index in [4.69, 9.17) is 21.1 Å². The van der Waals surface area contributed by atoms with Gasteiger partial charge in [-0.1, -0.05) is 48.4 Å². The van der Waals surface area contributed by atoms with Crippen LogP contribution in [0.2, 0.25) is 5.02 Å². The van der Waals surface area contributed by atoms with Gasteiger partial charge in [-0.2, -0.15) is 0 Å². The molecule has 2 aliphatic heterocycles. The SMILES string of the molecule is CCCCOc1cccc([C@H]2/C(=C(\O)c3ccc4c(c3)C[C@@H](C)O4)C(=O)C(=O)N2c2nc3ccc(Cl)cc3s2)c1. The summed E-state index contributed by atoms with van der Waals surface area (Å²) in [5.41, 5.74) is 2.68. The first-order chi connectivity index (χ1) is 19.3. The summed E-state index contributed by atoms with van der Waals surface area (Å²) in [6.07, 6.45) is 2.62. The van der Waals surface area contributed by atoms with Crippen molar-refractivity contribution in [1.82, 2.24) is 4.98 Å². The summed E-state index contributed by atoms with van der Waals surface area (Å²) in [6.45, 7) is 4.62. The van der Waals surface area contributed by atoms with Crippen LogP contribution in [0, 0.1) is 0 Å². The van der Waals surface area contributed by atoms with Crippen LogP contribution in [-0.2, 0) is 16.0 Å². The van der Waals surface area contributed by atoms with Gasteiger partial charge in [0.25, 0.3) is 5.78 Å². The van der Waals surface area contributed by atoms with Gasteiger partial charge in [0.1, 0.15) is 23.4 Å². The van der Waals surface area contributed by atoms with Gasteiger partial charge < -0.3 is 14.6 Å². The lowest BCUT2D eigenvalue weighted by Gasteiger charge is -2.23. The lowest BCUT2D eigenvalue weighted by atomic mass is 9.94. The summed E-state index contributed by atoms with van der Waals surface area (Å²) in [5.74, 6) is -0.397. The number of thiazole rings is 1. The summed E-state index contributed by atoms with van der Waals surface area (Å²) < 4.78 is 12.5. The number of ether oxygens (including phenoxy) is 2. The molecule has 0 bridgehead atoms. The highest BCUT2D eigenvalue weighted by Crippen LogP contribution is 2.45. The number of aliphatic hydroxyl groups excluding tert-OH is 1. The number of benzene rings is 3. The molecule has 0 radical (unpaired) electrons. The van der Waals surface area contributed by atoms with Crippen molar-refractivity contribution in [2.75, 3.05) is 11.5 Å². The Morgan fingerprint density at radius 2 is 2.02 bits per heavy atom. The smallest absolute Gasteiger partial charge is 0.301 e. The van der Waals surface area contributed by atoms with E-state index in [0.717, 1.165) is 28.9 Å². The summed E-state index contributed by atoms with van der Waals surface area (Å²) in [4.78, 5) is 33.3. The second kappa shape index (κ2) is 10.6. The van der Waals surface area contributed by atoms with Crippen molar-refractivity contribution in [1.29, 1.82) is 0 Å². The second-order valence-corrected chi connectivity index (χ2v) is 11.5. The number of anilines is 1. The molecule has 9 heteroatoms. The van der Waals surface area contributed by atoms with Gasteiger partial charge in [0.15, 0.2) is 5.13 Å². The summed E-state index contributed by atoms with van der Waals surface area (Å²) in [5, 5.41) is 12.5. The van der Waals surface area contributed by atoms with E-state index < -0.39 is 17.7 Å². The van der Waals surface area contributed by atoms with E-state index in [9.17, 15) is 14.7 Å². The Kier molecular flexibility index (Phi) is 6.98. The van der Waals surface area contributed by atoms with Crippen LogP contribution in [-0.4, -0.2) is 34.5 Å². The predicted molar refractivity (Wildman–Crippen MR) is 156 cm³/mol. The molecule has 1 amide bonds. The van der Waals surface area contributed by atoms with Crippen molar-refractivity contribution in [3.63, 3.8) is 0 Å². The molecule has 0 spiro atoms. The fraction of sp³-hybridized carbons (Fsp3) is 0.258. The molecule has 0 saturated carbocycles. The molecule has 3 aromatic carbocycles. The fourth-order valence-corrected chi connectivity index (χ4v) is 6.44. The van der Waals surface area contributed by atoms with Gasteiger partial charge in [-0.05, 0) is 73.0 Å². The van der Waals surface area contributed by atoms with Crippen LogP contribution in [0.15, 0.2) is 66.2 Å². The molecule has 0 aliphatic carbocycles. The molecule has 7 nitrogen and oxygen atoms in total. The molecule has 204 valence electrons. The van der Waals surface area contributed by atoms with Crippen molar-refractivity contribution in [3.8, 4) is 11.5 Å². The van der Waals surface area contributed by atoms with E-state index in [1.54, 1.807) is 30.3 Å². The maximum absolute atomic E-state index is 13.6. The van der Waals surface area contributed by atoms with Crippen molar-refractivity contribution in [2.24, 2.45) is 0 Å². The quantitative estimate of drug-likeness (QED) is 0.110. The molecule has 0 unspecified atom stereocenters. The van der Waals surface area contributed by atoms with Gasteiger partial charge in [0.05, 0.1) is 28.4 Å². The molecular weight excluding hydrogens is 548 g/mol. The number of rotatable bonds is 7. The molecule has 4 aromatic rings. The lowest BCUT2D eigenvalue weighted by Crippen LogP contribution is -2.29. The third kappa shape index (κ3) is 4.71. The molecule has 2 aliphatic rings. The van der Waals surface area contributed by atoms with Gasteiger partial charge in [-0.15, -0.1) is 0 Å². The Morgan fingerprint density at radius 1 is 1.18 bits per heavy atom. The highest BCUT2D eigenvalue weighted by atomic mass is 35.5. The maximum Gasteiger partial charge on any atom is 0.301 e. The maximum atomic E-state index is 13.6. The third-order valence-corrected chi connectivity index (χ3v) is 8.35. The number of Topliss-reactive ketones (excluding diaryl/α,β-unsaturated/α-hetero) is 1. The largest absolute Gasteiger partial charge is 0.507 e. The zero-order chi connectivity index (χ0) is 28.0. The van der Waals surface area contributed by atoms with Gasteiger partial charge in [-0.25, -0.2) is 4.98 Å². The highest BCUT2D eigenvalue weighted by molar-refractivity contribution is 7.22. The summed E-state index contributed by atoms with van der Waals surface area (Å²) in [7, 11) is 0. The molecule has 2 atom stereocenters. The number of nitrogens with zero attached hydrogens (tertiary/aromatic N) is 2. The molecule has 1 fully saturated rings. The first-order valence-electron chi connectivity index (χ1n) is 13.2. The number of hydrogen-bond acceptors (Lipinski definition) is 7. The minimum absolute atomic E-state index is 0.0000829. The van der Waals surface area contributed by atoms with E-state index in [1.807, 2.05) is 37.3 Å². The number of fused-ring (bicyclic) bond motifs is 2. The van der Waals surface area contributed by atoms with Crippen molar-refractivity contribution in [2.45, 2.75) is 45.3 Å². The molecule has 6 rings (SSSR count). The number of carbonyl (C=O) groups excluding carboxylic acids is 2. The number of halogens is 1. The number of aliphatic hydroxyl groups is 1. The average Bonchev–Trinajstić information content (AvgIpc) is 3.60. The normalized spacial score (nSPS) is 19.7. The zero-order valence-corrected chi connectivity index (χ0v) is 23.6. The van der Waals surface area contributed by atoms with Gasteiger partial charge in [-0.3, -0.25) is 14.5 Å². The van der Waals surface area contributed by atoms with Crippen molar-refractivity contribution < 1.29 is 24.2 Å². The van der Waals surface area contributed by atoms with Crippen LogP contribution >= 0.6 is 22.9 Å². The highest BCUT2D eigenvalue weighted by Gasteiger charge is 2.48. The minimum Gasteiger partial charge on any atom is -0.507 e. The number of aromatic nitrogens is 1. The standard InChI is InChI=1S/C31H27ClN2O5S/c1-3-4-12-38-22-7-5-6-18(15-22)27-26(28(35)19-8-11-24-20(14-19)13-17(2)39-24)29(36)30(37)34(27)31-33-23-10-9-21(32)16-25(23)40-31/h5-11,14-17,27,35H,3-4,12-13H2,1-2H3/b28-26+/t17-,27+/m1/s1. The van der Waals surface area contributed by atoms with Crippen LogP contribution in [0.4, 0.5) is 5.13 Å². The van der Waals surface area contributed by atoms with E-state index in [0.29, 0.717) is 45.6 Å². The second-order valence-electron chi connectivity index (χ2n) is 10.0. The first kappa shape index (κ1) is 26.3. The zero-order valence-electron chi connectivity index (χ0n) is 22.0. The van der Waals surface area contributed by atoms with E-state index in [1.165, 1.54) is 16.2 Å². The van der Waals surface area contributed by atoms with Crippen LogP contribution in [0.25, 0.3) is 16.0 Å². The Hall–Kier alpha value is -3.88. The molecule has 3 heterocycles. The Balaban J connectivity index is 1.50.